The van der Waals surface area contributed by atoms with Crippen molar-refractivity contribution in [3.8, 4) is 0 Å². The third kappa shape index (κ3) is 2.87. The summed E-state index contributed by atoms with van der Waals surface area (Å²) in [6.45, 7) is 0. The van der Waals surface area contributed by atoms with E-state index in [-0.39, 0.29) is 12.0 Å². The number of hydrogen-bond donors (Lipinski definition) is 0. The molecule has 1 heterocycles. The number of nitrogens with zero attached hydrogens (tertiary/aromatic N) is 3. The van der Waals surface area contributed by atoms with Crippen molar-refractivity contribution in [2.75, 3.05) is 6.26 Å². The van der Waals surface area contributed by atoms with Crippen LogP contribution in [0, 0.1) is 16.0 Å². The van der Waals surface area contributed by atoms with Gasteiger partial charge in [0.05, 0.1) is 11.0 Å². The highest BCUT2D eigenvalue weighted by molar-refractivity contribution is 7.90. The Kier molecular flexibility index (Phi) is 3.89. The van der Waals surface area contributed by atoms with Gasteiger partial charge in [0.1, 0.15) is 12.5 Å². The molecule has 0 saturated heterocycles. The summed E-state index contributed by atoms with van der Waals surface area (Å²) in [6.07, 6.45) is 5.79. The van der Waals surface area contributed by atoms with Crippen molar-refractivity contribution in [1.29, 1.82) is 0 Å². The van der Waals surface area contributed by atoms with Gasteiger partial charge in [-0.25, -0.2) is 8.42 Å². The van der Waals surface area contributed by atoms with Gasteiger partial charge in [-0.2, -0.15) is 5.10 Å². The highest BCUT2D eigenvalue weighted by atomic mass is 32.2. The lowest BCUT2D eigenvalue weighted by molar-refractivity contribution is -0.387. The predicted molar refractivity (Wildman–Crippen MR) is 69.1 cm³/mol. The van der Waals surface area contributed by atoms with Crippen molar-refractivity contribution < 1.29 is 18.1 Å². The molecule has 20 heavy (non-hydrogen) atoms. The van der Waals surface area contributed by atoms with Crippen molar-refractivity contribution in [1.82, 2.24) is 9.78 Å². The number of aromatic nitrogens is 2. The highest BCUT2D eigenvalue weighted by Gasteiger charge is 2.31. The lowest BCUT2D eigenvalue weighted by Gasteiger charge is -2.25. The molecule has 1 fully saturated rings. The quantitative estimate of drug-likeness (QED) is 0.468. The Labute approximate surface area is 115 Å². The lowest BCUT2D eigenvalue weighted by Crippen LogP contribution is -2.20. The van der Waals surface area contributed by atoms with E-state index in [1.54, 1.807) is 0 Å². The van der Waals surface area contributed by atoms with Crippen molar-refractivity contribution in [3.63, 3.8) is 0 Å². The Bertz CT molecular complexity index is 636. The van der Waals surface area contributed by atoms with E-state index in [0.29, 0.717) is 6.42 Å². The van der Waals surface area contributed by atoms with E-state index in [2.05, 4.69) is 5.10 Å². The Morgan fingerprint density at radius 2 is 2.20 bits per heavy atom. The Morgan fingerprint density at radius 3 is 2.70 bits per heavy atom. The average Bonchev–Trinajstić information content (AvgIpc) is 2.84. The molecule has 1 aliphatic carbocycles. The standard InChI is InChI=1S/C11H15N3O5S/c1-20(18,19)11-10(14(16)17)6-13(12-11)9-4-2-3-8(5-9)7-15/h6-9H,2-5H2,1H3/t8?,9-/m1/s1. The van der Waals surface area contributed by atoms with Gasteiger partial charge in [0.15, 0.2) is 0 Å². The van der Waals surface area contributed by atoms with Crippen LogP contribution in [0.25, 0.3) is 0 Å². The molecule has 1 aromatic rings. The summed E-state index contributed by atoms with van der Waals surface area (Å²) in [7, 11) is -3.76. The van der Waals surface area contributed by atoms with E-state index in [0.717, 1.165) is 38.0 Å². The Hall–Kier alpha value is -1.77. The van der Waals surface area contributed by atoms with Crippen LogP contribution in [0.3, 0.4) is 0 Å². The zero-order valence-electron chi connectivity index (χ0n) is 10.9. The van der Waals surface area contributed by atoms with E-state index in [1.165, 1.54) is 4.68 Å². The molecule has 1 saturated carbocycles. The molecule has 0 aliphatic heterocycles. The molecule has 0 bridgehead atoms. The molecule has 1 aliphatic rings. The summed E-state index contributed by atoms with van der Waals surface area (Å²) in [5.74, 6) is -0.0984. The van der Waals surface area contributed by atoms with Crippen LogP contribution in [0.4, 0.5) is 5.69 Å². The minimum Gasteiger partial charge on any atom is -0.303 e. The molecule has 0 aromatic carbocycles. The van der Waals surface area contributed by atoms with Gasteiger partial charge in [-0.05, 0) is 19.3 Å². The van der Waals surface area contributed by atoms with E-state index in [1.807, 2.05) is 0 Å². The third-order valence-corrected chi connectivity index (χ3v) is 4.47. The van der Waals surface area contributed by atoms with E-state index in [4.69, 9.17) is 0 Å². The number of hydrogen-bond acceptors (Lipinski definition) is 6. The first-order valence-electron chi connectivity index (χ1n) is 6.22. The second-order valence-electron chi connectivity index (χ2n) is 5.05. The van der Waals surface area contributed by atoms with Crippen LogP contribution in [-0.2, 0) is 14.6 Å². The van der Waals surface area contributed by atoms with Crippen LogP contribution >= 0.6 is 0 Å². The summed E-state index contributed by atoms with van der Waals surface area (Å²) < 4.78 is 24.4. The SMILES string of the molecule is CS(=O)(=O)c1nn([C@@H]2CCCC(C=O)C2)cc1[N+](=O)[O-]. The second kappa shape index (κ2) is 5.31. The minimum atomic E-state index is -3.76. The van der Waals surface area contributed by atoms with Gasteiger partial charge in [-0.15, -0.1) is 0 Å². The summed E-state index contributed by atoms with van der Waals surface area (Å²) >= 11 is 0. The van der Waals surface area contributed by atoms with Crippen LogP contribution in [-0.4, -0.2) is 35.7 Å². The molecule has 0 amide bonds. The molecule has 0 N–H and O–H groups in total. The maximum Gasteiger partial charge on any atom is 0.326 e. The topological polar surface area (TPSA) is 112 Å². The fraction of sp³-hybridized carbons (Fsp3) is 0.636. The second-order valence-corrected chi connectivity index (χ2v) is 6.98. The van der Waals surface area contributed by atoms with Crippen LogP contribution < -0.4 is 0 Å². The maximum absolute atomic E-state index is 11.5. The Balaban J connectivity index is 2.38. The number of rotatable bonds is 4. The zero-order chi connectivity index (χ0) is 14.9. The van der Waals surface area contributed by atoms with Crippen molar-refractivity contribution in [3.05, 3.63) is 16.3 Å². The normalized spacial score (nSPS) is 23.4. The van der Waals surface area contributed by atoms with Crippen molar-refractivity contribution in [2.24, 2.45) is 5.92 Å². The maximum atomic E-state index is 11.5. The van der Waals surface area contributed by atoms with Gasteiger partial charge in [-0.1, -0.05) is 6.42 Å². The van der Waals surface area contributed by atoms with Gasteiger partial charge in [0.25, 0.3) is 5.03 Å². The number of carbonyl (C=O) groups is 1. The van der Waals surface area contributed by atoms with Gasteiger partial charge in [0, 0.05) is 12.2 Å². The number of nitro groups is 1. The molecule has 2 rings (SSSR count). The molecule has 0 spiro atoms. The van der Waals surface area contributed by atoms with Crippen LogP contribution in [0.1, 0.15) is 31.7 Å². The molecule has 2 atom stereocenters. The summed E-state index contributed by atoms with van der Waals surface area (Å²) in [5.41, 5.74) is -0.513. The van der Waals surface area contributed by atoms with E-state index in [9.17, 15) is 23.3 Å². The third-order valence-electron chi connectivity index (χ3n) is 3.48. The van der Waals surface area contributed by atoms with Crippen molar-refractivity contribution in [2.45, 2.75) is 36.8 Å². The number of sulfone groups is 1. The van der Waals surface area contributed by atoms with E-state index < -0.39 is 25.5 Å². The van der Waals surface area contributed by atoms with Crippen LogP contribution in [0.2, 0.25) is 0 Å². The van der Waals surface area contributed by atoms with E-state index >= 15 is 0 Å². The summed E-state index contributed by atoms with van der Waals surface area (Å²) in [6, 6.07) is -0.173. The number of aldehydes is 1. The minimum absolute atomic E-state index is 0.0984. The molecule has 1 unspecified atom stereocenters. The number of carbonyl (C=O) groups excluding carboxylic acids is 1. The fourth-order valence-electron chi connectivity index (χ4n) is 2.51. The fourth-order valence-corrected chi connectivity index (χ4v) is 3.26. The Morgan fingerprint density at radius 1 is 1.50 bits per heavy atom. The summed E-state index contributed by atoms with van der Waals surface area (Å²) in [4.78, 5) is 21.0. The molecule has 110 valence electrons. The molecule has 8 nitrogen and oxygen atoms in total. The molecule has 0 radical (unpaired) electrons. The van der Waals surface area contributed by atoms with Crippen molar-refractivity contribution >= 4 is 21.8 Å². The van der Waals surface area contributed by atoms with Gasteiger partial charge < -0.3 is 4.79 Å². The highest BCUT2D eigenvalue weighted by Crippen LogP contribution is 2.33. The molecular weight excluding hydrogens is 286 g/mol. The monoisotopic (exact) mass is 301 g/mol. The molecular formula is C11H15N3O5S. The molecule has 9 heteroatoms. The zero-order valence-corrected chi connectivity index (χ0v) is 11.7. The van der Waals surface area contributed by atoms with Gasteiger partial charge in [-0.3, -0.25) is 14.8 Å². The first-order chi connectivity index (χ1) is 9.32. The average molecular weight is 301 g/mol. The largest absolute Gasteiger partial charge is 0.326 e. The molecule has 1 aromatic heterocycles. The van der Waals surface area contributed by atoms with Gasteiger partial charge >= 0.3 is 5.69 Å². The lowest BCUT2D eigenvalue weighted by atomic mass is 9.87. The first-order valence-corrected chi connectivity index (χ1v) is 8.11. The smallest absolute Gasteiger partial charge is 0.303 e. The summed E-state index contributed by atoms with van der Waals surface area (Å²) in [5, 5.41) is 14.3. The van der Waals surface area contributed by atoms with Crippen LogP contribution in [0.15, 0.2) is 11.2 Å². The van der Waals surface area contributed by atoms with Gasteiger partial charge in [0.2, 0.25) is 9.84 Å². The first kappa shape index (κ1) is 14.6. The van der Waals surface area contributed by atoms with Crippen LogP contribution in [0.5, 0.6) is 0 Å². The predicted octanol–water partition coefficient (Wildman–Crippen LogP) is 1.12.